The van der Waals surface area contributed by atoms with Crippen LogP contribution in [-0.4, -0.2) is 32.3 Å². The van der Waals surface area contributed by atoms with E-state index in [2.05, 4.69) is 15.0 Å². The molecule has 1 saturated carbocycles. The van der Waals surface area contributed by atoms with E-state index in [9.17, 15) is 9.59 Å². The molecule has 0 amide bonds. The predicted molar refractivity (Wildman–Crippen MR) is 125 cm³/mol. The highest BCUT2D eigenvalue weighted by Crippen LogP contribution is 2.30. The van der Waals surface area contributed by atoms with E-state index in [-0.39, 0.29) is 23.9 Å². The summed E-state index contributed by atoms with van der Waals surface area (Å²) >= 11 is 3.20. The van der Waals surface area contributed by atoms with E-state index < -0.39 is 0 Å². The van der Waals surface area contributed by atoms with Gasteiger partial charge in [0, 0.05) is 47.8 Å². The maximum Gasteiger partial charge on any atom is 0.166 e. The summed E-state index contributed by atoms with van der Waals surface area (Å²) in [5.41, 5.74) is 3.68. The van der Waals surface area contributed by atoms with Crippen LogP contribution in [0.1, 0.15) is 57.9 Å². The van der Waals surface area contributed by atoms with Crippen LogP contribution < -0.4 is 0 Å². The molecule has 7 heteroatoms. The van der Waals surface area contributed by atoms with E-state index in [4.69, 9.17) is 0 Å². The Morgan fingerprint density at radius 3 is 2.84 bits per heavy atom. The number of nitrogens with one attached hydrogen (secondary N) is 1. The molecule has 1 N–H and O–H groups in total. The minimum Gasteiger partial charge on any atom is -0.340 e. The highest BCUT2D eigenvalue weighted by Gasteiger charge is 2.26. The summed E-state index contributed by atoms with van der Waals surface area (Å²) in [5.74, 6) is 1.33. The Morgan fingerprint density at radius 1 is 1.23 bits per heavy atom. The maximum absolute atomic E-state index is 13.0. The number of rotatable bonds is 10. The van der Waals surface area contributed by atoms with Gasteiger partial charge in [-0.05, 0) is 31.4 Å². The van der Waals surface area contributed by atoms with Crippen molar-refractivity contribution in [3.05, 3.63) is 63.4 Å². The Bertz CT molecular complexity index is 1040. The molecule has 4 rings (SSSR count). The Balaban J connectivity index is 1.34. The Kier molecular flexibility index (Phi) is 7.35. The predicted octanol–water partition coefficient (Wildman–Crippen LogP) is 5.24. The molecule has 1 aliphatic rings. The van der Waals surface area contributed by atoms with E-state index >= 15 is 0 Å². The lowest BCUT2D eigenvalue weighted by Crippen LogP contribution is -2.16. The number of aromatic nitrogens is 3. The highest BCUT2D eigenvalue weighted by molar-refractivity contribution is 7.99. The molecule has 162 valence electrons. The lowest BCUT2D eigenvalue weighted by molar-refractivity contribution is -0.117. The number of hydrogen-bond acceptors (Lipinski definition) is 6. The second-order valence-electron chi connectivity index (χ2n) is 8.12. The van der Waals surface area contributed by atoms with Gasteiger partial charge >= 0.3 is 0 Å². The quantitative estimate of drug-likeness (QED) is 0.336. The van der Waals surface area contributed by atoms with Gasteiger partial charge in [-0.25, -0.2) is 9.97 Å². The third-order valence-electron chi connectivity index (χ3n) is 5.66. The molecule has 0 saturated heterocycles. The van der Waals surface area contributed by atoms with Gasteiger partial charge in [0.25, 0.3) is 0 Å². The molecule has 0 spiro atoms. The van der Waals surface area contributed by atoms with E-state index in [0.29, 0.717) is 6.42 Å². The second kappa shape index (κ2) is 10.4. The van der Waals surface area contributed by atoms with E-state index in [1.165, 1.54) is 11.3 Å². The Labute approximate surface area is 191 Å². The van der Waals surface area contributed by atoms with Crippen molar-refractivity contribution in [1.29, 1.82) is 0 Å². The lowest BCUT2D eigenvalue weighted by Gasteiger charge is -2.13. The zero-order valence-electron chi connectivity index (χ0n) is 17.7. The highest BCUT2D eigenvalue weighted by atomic mass is 32.2. The molecule has 3 aromatic rings. The molecule has 0 bridgehead atoms. The van der Waals surface area contributed by atoms with E-state index in [1.807, 2.05) is 36.7 Å². The topological polar surface area (TPSA) is 75.7 Å². The summed E-state index contributed by atoms with van der Waals surface area (Å²) < 4.78 is 0. The molecule has 5 nitrogen and oxygen atoms in total. The number of thioether (sulfide) groups is 1. The van der Waals surface area contributed by atoms with Crippen molar-refractivity contribution < 1.29 is 9.59 Å². The van der Waals surface area contributed by atoms with Crippen LogP contribution in [0.25, 0.3) is 0 Å². The number of nitrogens with zero attached hydrogens (tertiary/aromatic N) is 2. The molecule has 1 aliphatic carbocycles. The first kappa shape index (κ1) is 22.0. The van der Waals surface area contributed by atoms with Crippen LogP contribution in [0.3, 0.4) is 0 Å². The first-order chi connectivity index (χ1) is 15.1. The Hall–Kier alpha value is -2.25. The van der Waals surface area contributed by atoms with Crippen LogP contribution >= 0.6 is 23.1 Å². The normalized spacial score (nSPS) is 14.2. The summed E-state index contributed by atoms with van der Waals surface area (Å²) in [5, 5.41) is 3.79. The van der Waals surface area contributed by atoms with Gasteiger partial charge in [0.05, 0.1) is 12.1 Å². The van der Waals surface area contributed by atoms with Gasteiger partial charge in [-0.3, -0.25) is 9.59 Å². The molecule has 2 aromatic heterocycles. The SMILES string of the molecule is Cc1ccc(CC(=O)Cc2nc(CCSc3ncc[nH]3)cs2)c(C(=O)C2CCCC2)c1. The minimum atomic E-state index is 0.107. The zero-order valence-corrected chi connectivity index (χ0v) is 19.4. The average molecular weight is 454 g/mol. The molecule has 31 heavy (non-hydrogen) atoms. The maximum atomic E-state index is 13.0. The van der Waals surface area contributed by atoms with Crippen molar-refractivity contribution in [2.45, 2.75) is 57.0 Å². The number of benzene rings is 1. The third kappa shape index (κ3) is 5.92. The number of aromatic amines is 1. The van der Waals surface area contributed by atoms with Gasteiger partial charge in [0.15, 0.2) is 10.9 Å². The van der Waals surface area contributed by atoms with Gasteiger partial charge in [0.2, 0.25) is 0 Å². The minimum absolute atomic E-state index is 0.107. The number of carbonyl (C=O) groups is 2. The van der Waals surface area contributed by atoms with E-state index in [0.717, 1.165) is 70.4 Å². The number of carbonyl (C=O) groups excluding carboxylic acids is 2. The van der Waals surface area contributed by atoms with Crippen molar-refractivity contribution in [2.75, 3.05) is 5.75 Å². The Morgan fingerprint density at radius 2 is 2.06 bits per heavy atom. The number of Topliss-reactive ketones (excluding diaryl/α,β-unsaturated/α-hetero) is 2. The van der Waals surface area contributed by atoms with Gasteiger partial charge in [-0.15, -0.1) is 11.3 Å². The molecule has 1 fully saturated rings. The first-order valence-electron chi connectivity index (χ1n) is 10.8. The van der Waals surface area contributed by atoms with Crippen molar-refractivity contribution in [2.24, 2.45) is 5.92 Å². The van der Waals surface area contributed by atoms with Crippen molar-refractivity contribution in [3.8, 4) is 0 Å². The summed E-state index contributed by atoms with van der Waals surface area (Å²) in [6.45, 7) is 2.00. The van der Waals surface area contributed by atoms with Crippen molar-refractivity contribution in [1.82, 2.24) is 15.0 Å². The molecule has 0 radical (unpaired) electrons. The van der Waals surface area contributed by atoms with Gasteiger partial charge in [-0.1, -0.05) is 42.3 Å². The first-order valence-corrected chi connectivity index (χ1v) is 12.7. The number of H-pyrrole nitrogens is 1. The van der Waals surface area contributed by atoms with Crippen LogP contribution in [0, 0.1) is 12.8 Å². The van der Waals surface area contributed by atoms with Crippen LogP contribution in [0.5, 0.6) is 0 Å². The summed E-state index contributed by atoms with van der Waals surface area (Å²) in [6, 6.07) is 5.90. The number of aryl methyl sites for hydroxylation is 2. The van der Waals surface area contributed by atoms with Crippen LogP contribution in [0.15, 0.2) is 41.1 Å². The van der Waals surface area contributed by atoms with Gasteiger partial charge in [-0.2, -0.15) is 0 Å². The molecule has 0 unspecified atom stereocenters. The van der Waals surface area contributed by atoms with Crippen LogP contribution in [-0.2, 0) is 24.1 Å². The van der Waals surface area contributed by atoms with E-state index in [1.54, 1.807) is 18.0 Å². The van der Waals surface area contributed by atoms with Gasteiger partial charge in [0.1, 0.15) is 10.8 Å². The van der Waals surface area contributed by atoms with Crippen molar-refractivity contribution in [3.63, 3.8) is 0 Å². The molecule has 0 aliphatic heterocycles. The standard InChI is InChI=1S/C24H27N3O2S2/c1-16-6-7-18(21(12-16)23(29)17-4-2-3-5-17)13-20(28)14-22-27-19(15-31-22)8-11-30-24-25-9-10-26-24/h6-7,9-10,12,15,17H,2-5,8,11,13-14H2,1H3,(H,25,26). The van der Waals surface area contributed by atoms with Gasteiger partial charge < -0.3 is 4.98 Å². The summed E-state index contributed by atoms with van der Waals surface area (Å²) in [6.07, 6.45) is 9.21. The molecule has 0 atom stereocenters. The molecule has 2 heterocycles. The molecular weight excluding hydrogens is 426 g/mol. The molecule has 1 aromatic carbocycles. The number of hydrogen-bond donors (Lipinski definition) is 1. The number of imidazole rings is 1. The summed E-state index contributed by atoms with van der Waals surface area (Å²) in [4.78, 5) is 37.7. The largest absolute Gasteiger partial charge is 0.340 e. The fourth-order valence-electron chi connectivity index (χ4n) is 4.05. The monoisotopic (exact) mass is 453 g/mol. The number of ketones is 2. The third-order valence-corrected chi connectivity index (χ3v) is 7.46. The zero-order chi connectivity index (χ0) is 21.6. The summed E-state index contributed by atoms with van der Waals surface area (Å²) in [7, 11) is 0. The molecular formula is C24H27N3O2S2. The average Bonchev–Trinajstić information content (AvgIpc) is 3.52. The second-order valence-corrected chi connectivity index (χ2v) is 10.2. The van der Waals surface area contributed by atoms with Crippen LogP contribution in [0.2, 0.25) is 0 Å². The van der Waals surface area contributed by atoms with Crippen molar-refractivity contribution >= 4 is 34.7 Å². The number of thiazole rings is 1. The lowest BCUT2D eigenvalue weighted by atomic mass is 9.90. The smallest absolute Gasteiger partial charge is 0.166 e. The fraction of sp³-hybridized carbons (Fsp3) is 0.417. The fourth-order valence-corrected chi connectivity index (χ4v) is 5.70. The van der Waals surface area contributed by atoms with Crippen LogP contribution in [0.4, 0.5) is 0 Å².